The smallest absolute Gasteiger partial charge is 0.248 e. The highest BCUT2D eigenvalue weighted by Gasteiger charge is 2.13. The molecule has 0 fully saturated rings. The molecule has 0 saturated carbocycles. The Morgan fingerprint density at radius 3 is 2.74 bits per heavy atom. The standard InChI is InChI=1S/C21H19F2NO3/c1-4-26-19-10-20-16(13(3)11-27-20)9-15(19)12(2)7-21(25)24-18-6-5-14(22)8-17(18)23/h5-11H,4H2,1-3H3,(H,24,25)/b12-7+. The second-order valence-corrected chi connectivity index (χ2v) is 6.14. The number of ether oxygens (including phenoxy) is 1. The molecule has 0 spiro atoms. The van der Waals surface area contributed by atoms with Crippen LogP contribution in [0.4, 0.5) is 14.5 Å². The van der Waals surface area contributed by atoms with Gasteiger partial charge in [0.1, 0.15) is 23.0 Å². The normalized spacial score (nSPS) is 11.7. The molecule has 0 unspecified atom stereocenters. The van der Waals surface area contributed by atoms with E-state index >= 15 is 0 Å². The summed E-state index contributed by atoms with van der Waals surface area (Å²) in [5.41, 5.74) is 2.96. The van der Waals surface area contributed by atoms with Crippen molar-refractivity contribution in [3.63, 3.8) is 0 Å². The zero-order valence-corrected chi connectivity index (χ0v) is 15.2. The number of benzene rings is 2. The SMILES string of the molecule is CCOc1cc2occ(C)c2cc1/C(C)=C/C(=O)Nc1ccc(F)cc1F. The molecular formula is C21H19F2NO3. The summed E-state index contributed by atoms with van der Waals surface area (Å²) < 4.78 is 37.9. The second-order valence-electron chi connectivity index (χ2n) is 6.14. The summed E-state index contributed by atoms with van der Waals surface area (Å²) in [5, 5.41) is 3.34. The van der Waals surface area contributed by atoms with Crippen molar-refractivity contribution in [2.45, 2.75) is 20.8 Å². The first kappa shape index (κ1) is 18.6. The number of hydrogen-bond acceptors (Lipinski definition) is 3. The fourth-order valence-electron chi connectivity index (χ4n) is 2.80. The summed E-state index contributed by atoms with van der Waals surface area (Å²) in [6.45, 7) is 6.02. The van der Waals surface area contributed by atoms with E-state index in [1.807, 2.05) is 19.9 Å². The van der Waals surface area contributed by atoms with Crippen molar-refractivity contribution in [2.75, 3.05) is 11.9 Å². The fraction of sp³-hybridized carbons (Fsp3) is 0.190. The van der Waals surface area contributed by atoms with Crippen LogP contribution in [0.2, 0.25) is 0 Å². The van der Waals surface area contributed by atoms with Gasteiger partial charge < -0.3 is 14.5 Å². The predicted octanol–water partition coefficient (Wildman–Crippen LogP) is 5.46. The zero-order chi connectivity index (χ0) is 19.6. The van der Waals surface area contributed by atoms with Crippen molar-refractivity contribution in [1.29, 1.82) is 0 Å². The summed E-state index contributed by atoms with van der Waals surface area (Å²) >= 11 is 0. The third-order valence-corrected chi connectivity index (χ3v) is 4.13. The highest BCUT2D eigenvalue weighted by molar-refractivity contribution is 6.04. The molecule has 140 valence electrons. The van der Waals surface area contributed by atoms with Gasteiger partial charge in [-0.1, -0.05) is 0 Å². The largest absolute Gasteiger partial charge is 0.493 e. The summed E-state index contributed by atoms with van der Waals surface area (Å²) in [6.07, 6.45) is 3.01. The Hall–Kier alpha value is -3.15. The first-order chi connectivity index (χ1) is 12.9. The van der Waals surface area contributed by atoms with Gasteiger partial charge in [-0.2, -0.15) is 0 Å². The monoisotopic (exact) mass is 371 g/mol. The van der Waals surface area contributed by atoms with Crippen LogP contribution >= 0.6 is 0 Å². The van der Waals surface area contributed by atoms with Crippen LogP contribution in [0.15, 0.2) is 47.1 Å². The Morgan fingerprint density at radius 2 is 2.04 bits per heavy atom. The Balaban J connectivity index is 1.93. The highest BCUT2D eigenvalue weighted by Crippen LogP contribution is 2.33. The maximum Gasteiger partial charge on any atom is 0.248 e. The second kappa shape index (κ2) is 7.61. The molecule has 1 heterocycles. The van der Waals surface area contributed by atoms with Crippen LogP contribution in [0.3, 0.4) is 0 Å². The Morgan fingerprint density at radius 1 is 1.26 bits per heavy atom. The maximum absolute atomic E-state index is 13.7. The lowest BCUT2D eigenvalue weighted by molar-refractivity contribution is -0.111. The fourth-order valence-corrected chi connectivity index (χ4v) is 2.80. The third kappa shape index (κ3) is 4.00. The molecule has 0 saturated heterocycles. The van der Waals surface area contributed by atoms with Crippen molar-refractivity contribution >= 4 is 28.1 Å². The first-order valence-corrected chi connectivity index (χ1v) is 8.48. The van der Waals surface area contributed by atoms with Crippen LogP contribution in [-0.4, -0.2) is 12.5 Å². The lowest BCUT2D eigenvalue weighted by Crippen LogP contribution is -2.10. The molecular weight excluding hydrogens is 352 g/mol. The van der Waals surface area contributed by atoms with Gasteiger partial charge in [-0.15, -0.1) is 0 Å². The van der Waals surface area contributed by atoms with Gasteiger partial charge in [-0.25, -0.2) is 8.78 Å². The maximum atomic E-state index is 13.7. The lowest BCUT2D eigenvalue weighted by Gasteiger charge is -2.11. The van der Waals surface area contributed by atoms with E-state index in [0.717, 1.165) is 28.6 Å². The zero-order valence-electron chi connectivity index (χ0n) is 15.2. The number of fused-ring (bicyclic) bond motifs is 1. The van der Waals surface area contributed by atoms with Crippen LogP contribution in [-0.2, 0) is 4.79 Å². The van der Waals surface area contributed by atoms with Crippen molar-refractivity contribution in [1.82, 2.24) is 0 Å². The van der Waals surface area contributed by atoms with E-state index in [4.69, 9.17) is 9.15 Å². The minimum absolute atomic E-state index is 0.0865. The number of furan rings is 1. The number of halogens is 2. The van der Waals surface area contributed by atoms with E-state index in [9.17, 15) is 13.6 Å². The molecule has 0 atom stereocenters. The topological polar surface area (TPSA) is 51.5 Å². The quantitative estimate of drug-likeness (QED) is 0.606. The predicted molar refractivity (Wildman–Crippen MR) is 101 cm³/mol. The molecule has 0 aliphatic carbocycles. The molecule has 2 aromatic carbocycles. The van der Waals surface area contributed by atoms with Gasteiger partial charge in [0.15, 0.2) is 0 Å². The van der Waals surface area contributed by atoms with Gasteiger partial charge in [0.25, 0.3) is 0 Å². The molecule has 27 heavy (non-hydrogen) atoms. The summed E-state index contributed by atoms with van der Waals surface area (Å²) in [5.74, 6) is -1.47. The first-order valence-electron chi connectivity index (χ1n) is 8.48. The Labute approximate surface area is 155 Å². The van der Waals surface area contributed by atoms with Crippen LogP contribution in [0, 0.1) is 18.6 Å². The minimum Gasteiger partial charge on any atom is -0.493 e. The van der Waals surface area contributed by atoms with Gasteiger partial charge in [0, 0.05) is 29.2 Å². The molecule has 0 aliphatic heterocycles. The number of amides is 1. The van der Waals surface area contributed by atoms with Crippen molar-refractivity contribution in [2.24, 2.45) is 0 Å². The Kier molecular flexibility index (Phi) is 5.26. The van der Waals surface area contributed by atoms with Gasteiger partial charge in [0.2, 0.25) is 5.91 Å². The number of rotatable bonds is 5. The van der Waals surface area contributed by atoms with E-state index in [1.54, 1.807) is 19.3 Å². The minimum atomic E-state index is -0.833. The number of carbonyl (C=O) groups excluding carboxylic acids is 1. The van der Waals surface area contributed by atoms with Crippen LogP contribution < -0.4 is 10.1 Å². The molecule has 1 N–H and O–H groups in total. The summed E-state index contributed by atoms with van der Waals surface area (Å²) in [7, 11) is 0. The van der Waals surface area contributed by atoms with E-state index in [1.165, 1.54) is 12.1 Å². The number of hydrogen-bond donors (Lipinski definition) is 1. The van der Waals surface area contributed by atoms with Crippen LogP contribution in [0.5, 0.6) is 5.75 Å². The van der Waals surface area contributed by atoms with E-state index in [2.05, 4.69) is 5.32 Å². The van der Waals surface area contributed by atoms with Crippen LogP contribution in [0.1, 0.15) is 25.0 Å². The number of anilines is 1. The van der Waals surface area contributed by atoms with Crippen molar-refractivity contribution < 1.29 is 22.7 Å². The van der Waals surface area contributed by atoms with E-state index in [0.29, 0.717) is 23.5 Å². The number of nitrogens with one attached hydrogen (secondary N) is 1. The highest BCUT2D eigenvalue weighted by atomic mass is 19.1. The van der Waals surface area contributed by atoms with E-state index in [-0.39, 0.29) is 5.69 Å². The van der Waals surface area contributed by atoms with Gasteiger partial charge in [-0.3, -0.25) is 4.79 Å². The average molecular weight is 371 g/mol. The summed E-state index contributed by atoms with van der Waals surface area (Å²) in [4.78, 5) is 12.3. The number of allylic oxidation sites excluding steroid dienone is 1. The molecule has 0 bridgehead atoms. The molecule has 3 rings (SSSR count). The van der Waals surface area contributed by atoms with Crippen molar-refractivity contribution in [3.8, 4) is 5.75 Å². The molecule has 6 heteroatoms. The molecule has 1 amide bonds. The summed E-state index contributed by atoms with van der Waals surface area (Å²) in [6, 6.07) is 6.66. The van der Waals surface area contributed by atoms with Crippen molar-refractivity contribution in [3.05, 3.63) is 65.4 Å². The average Bonchev–Trinajstić information content (AvgIpc) is 2.97. The van der Waals surface area contributed by atoms with Gasteiger partial charge in [0.05, 0.1) is 18.6 Å². The van der Waals surface area contributed by atoms with Crippen LogP contribution in [0.25, 0.3) is 16.5 Å². The Bertz CT molecular complexity index is 1040. The lowest BCUT2D eigenvalue weighted by atomic mass is 10.0. The molecule has 0 aliphatic rings. The third-order valence-electron chi connectivity index (χ3n) is 4.13. The van der Waals surface area contributed by atoms with E-state index < -0.39 is 17.5 Å². The molecule has 1 aromatic heterocycles. The van der Waals surface area contributed by atoms with Gasteiger partial charge >= 0.3 is 0 Å². The molecule has 4 nitrogen and oxygen atoms in total. The molecule has 0 radical (unpaired) electrons. The molecule has 3 aromatic rings. The number of aryl methyl sites for hydroxylation is 1. The van der Waals surface area contributed by atoms with Gasteiger partial charge in [-0.05, 0) is 50.1 Å². The number of carbonyl (C=O) groups is 1.